The fourth-order valence-corrected chi connectivity index (χ4v) is 2.02. The summed E-state index contributed by atoms with van der Waals surface area (Å²) >= 11 is 0. The summed E-state index contributed by atoms with van der Waals surface area (Å²) in [7, 11) is 0. The average Bonchev–Trinajstić information content (AvgIpc) is 2.48. The van der Waals surface area contributed by atoms with Gasteiger partial charge in [-0.2, -0.15) is 0 Å². The molecular formula is C14H12N2. The van der Waals surface area contributed by atoms with Gasteiger partial charge in [-0.1, -0.05) is 30.3 Å². The van der Waals surface area contributed by atoms with Gasteiger partial charge >= 0.3 is 0 Å². The Morgan fingerprint density at radius 3 is 2.44 bits per heavy atom. The normalized spacial score (nSPS) is 12.2. The van der Waals surface area contributed by atoms with Crippen LogP contribution in [0.1, 0.15) is 0 Å². The van der Waals surface area contributed by atoms with Crippen molar-refractivity contribution < 1.29 is 0 Å². The van der Waals surface area contributed by atoms with Gasteiger partial charge in [-0.3, -0.25) is 0 Å². The van der Waals surface area contributed by atoms with E-state index in [2.05, 4.69) is 17.4 Å². The van der Waals surface area contributed by atoms with Gasteiger partial charge in [0.2, 0.25) is 0 Å². The summed E-state index contributed by atoms with van der Waals surface area (Å²) in [6, 6.07) is 14.3. The number of nitrogens with two attached hydrogens (primary N) is 1. The van der Waals surface area contributed by atoms with Crippen LogP contribution in [0, 0.1) is 10.4 Å². The van der Waals surface area contributed by atoms with E-state index in [4.69, 9.17) is 5.73 Å². The van der Waals surface area contributed by atoms with E-state index in [1.807, 2.05) is 42.7 Å². The highest BCUT2D eigenvalue weighted by atomic mass is 14.8. The number of rotatable bonds is 0. The summed E-state index contributed by atoms with van der Waals surface area (Å²) in [4.78, 5) is 0. The molecule has 16 heavy (non-hydrogen) atoms. The van der Waals surface area contributed by atoms with E-state index >= 15 is 0 Å². The molecule has 0 amide bonds. The Bertz CT molecular complexity index is 745. The third kappa shape index (κ3) is 1.36. The van der Waals surface area contributed by atoms with Crippen molar-refractivity contribution in [2.24, 2.45) is 0 Å². The molecule has 78 valence electrons. The molecule has 0 saturated carbocycles. The third-order valence-electron chi connectivity index (χ3n) is 2.81. The van der Waals surface area contributed by atoms with Crippen LogP contribution in [0.4, 0.5) is 5.69 Å². The molecule has 0 unspecified atom stereocenters. The van der Waals surface area contributed by atoms with E-state index in [0.29, 0.717) is 0 Å². The molecule has 0 saturated heterocycles. The van der Waals surface area contributed by atoms with Crippen LogP contribution in [-0.4, -0.2) is 0 Å². The van der Waals surface area contributed by atoms with Gasteiger partial charge in [0.25, 0.3) is 0 Å². The molecule has 2 aromatic rings. The van der Waals surface area contributed by atoms with Crippen molar-refractivity contribution in [2.45, 2.75) is 0 Å². The van der Waals surface area contributed by atoms with E-state index in [0.717, 1.165) is 10.9 Å². The van der Waals surface area contributed by atoms with Crippen LogP contribution >= 0.6 is 0 Å². The first kappa shape index (κ1) is 9.04. The van der Waals surface area contributed by atoms with E-state index in [9.17, 15) is 0 Å². The van der Waals surface area contributed by atoms with Gasteiger partial charge in [-0.25, -0.2) is 0 Å². The van der Waals surface area contributed by atoms with Crippen molar-refractivity contribution in [1.82, 2.24) is 5.32 Å². The van der Waals surface area contributed by atoms with Crippen LogP contribution in [0.15, 0.2) is 42.5 Å². The van der Waals surface area contributed by atoms with Gasteiger partial charge in [0, 0.05) is 18.1 Å². The molecule has 0 aromatic heterocycles. The molecular weight excluding hydrogens is 196 g/mol. The van der Waals surface area contributed by atoms with Crippen molar-refractivity contribution in [2.75, 3.05) is 5.73 Å². The molecule has 3 N–H and O–H groups in total. The van der Waals surface area contributed by atoms with E-state index in [1.54, 1.807) is 0 Å². The molecule has 1 heterocycles. The van der Waals surface area contributed by atoms with Crippen LogP contribution in [0.3, 0.4) is 0 Å². The standard InChI is InChI=1S/C14H12N2/c15-12-6-5-11-9-16-8-10-3-1-2-4-13(10)14(11)7-12/h1-9,16H,15H2. The minimum absolute atomic E-state index is 0.795. The highest BCUT2D eigenvalue weighted by Crippen LogP contribution is 1.99. The molecule has 0 atom stereocenters. The van der Waals surface area contributed by atoms with Gasteiger partial charge in [0.15, 0.2) is 0 Å². The minimum atomic E-state index is 0.795. The Balaban J connectivity index is 2.70. The van der Waals surface area contributed by atoms with Crippen molar-refractivity contribution in [3.63, 3.8) is 0 Å². The number of fused-ring (bicyclic) bond motifs is 2. The summed E-state index contributed by atoms with van der Waals surface area (Å²) in [6.45, 7) is 0. The molecule has 0 spiro atoms. The second-order valence-electron chi connectivity index (χ2n) is 3.89. The molecule has 0 bridgehead atoms. The SMILES string of the molecule is Nc1ccc2c(c1)=c1ccccc1=CNC=2. The zero-order valence-electron chi connectivity index (χ0n) is 8.77. The Morgan fingerprint density at radius 2 is 1.56 bits per heavy atom. The number of anilines is 1. The maximum absolute atomic E-state index is 5.85. The topological polar surface area (TPSA) is 38.0 Å². The summed E-state index contributed by atoms with van der Waals surface area (Å²) < 4.78 is 0. The van der Waals surface area contributed by atoms with Crippen LogP contribution in [-0.2, 0) is 0 Å². The molecule has 0 fully saturated rings. The molecule has 3 rings (SSSR count). The number of nitrogen functional groups attached to an aromatic ring is 1. The number of hydrogen-bond acceptors (Lipinski definition) is 2. The minimum Gasteiger partial charge on any atom is -0.399 e. The lowest BCUT2D eigenvalue weighted by Gasteiger charge is -1.94. The number of nitrogens with one attached hydrogen (secondary N) is 1. The first-order valence-electron chi connectivity index (χ1n) is 5.26. The Hall–Kier alpha value is -2.22. The first-order valence-corrected chi connectivity index (χ1v) is 5.26. The van der Waals surface area contributed by atoms with Gasteiger partial charge < -0.3 is 11.1 Å². The van der Waals surface area contributed by atoms with Crippen molar-refractivity contribution >= 4 is 18.1 Å². The fraction of sp³-hybridized carbons (Fsp3) is 0. The number of hydrogen-bond donors (Lipinski definition) is 2. The summed E-state index contributed by atoms with van der Waals surface area (Å²) in [5.74, 6) is 0. The summed E-state index contributed by atoms with van der Waals surface area (Å²) in [5, 5.41) is 7.93. The maximum atomic E-state index is 5.85. The molecule has 2 heteroatoms. The maximum Gasteiger partial charge on any atom is 0.0320 e. The third-order valence-corrected chi connectivity index (χ3v) is 2.81. The largest absolute Gasteiger partial charge is 0.399 e. The van der Waals surface area contributed by atoms with Gasteiger partial charge in [-0.05, 0) is 33.0 Å². The molecule has 1 aliphatic heterocycles. The van der Waals surface area contributed by atoms with Crippen molar-refractivity contribution in [3.8, 4) is 0 Å². The lowest BCUT2D eigenvalue weighted by Crippen LogP contribution is -2.07. The first-order chi connectivity index (χ1) is 7.84. The molecule has 0 aliphatic carbocycles. The zero-order chi connectivity index (χ0) is 11.0. The van der Waals surface area contributed by atoms with Crippen LogP contribution in [0.5, 0.6) is 0 Å². The Morgan fingerprint density at radius 1 is 0.812 bits per heavy atom. The van der Waals surface area contributed by atoms with Crippen molar-refractivity contribution in [1.29, 1.82) is 0 Å². The lowest BCUT2D eigenvalue weighted by molar-refractivity contribution is 1.36. The summed E-state index contributed by atoms with van der Waals surface area (Å²) in [5.41, 5.74) is 6.64. The van der Waals surface area contributed by atoms with Gasteiger partial charge in [0.1, 0.15) is 0 Å². The average molecular weight is 208 g/mol. The lowest BCUT2D eigenvalue weighted by atomic mass is 10.1. The second-order valence-corrected chi connectivity index (χ2v) is 3.89. The fourth-order valence-electron chi connectivity index (χ4n) is 2.02. The summed E-state index contributed by atoms with van der Waals surface area (Å²) in [6.07, 6.45) is 4.00. The quantitative estimate of drug-likeness (QED) is 0.623. The Kier molecular flexibility index (Phi) is 1.93. The van der Waals surface area contributed by atoms with E-state index < -0.39 is 0 Å². The molecule has 2 aromatic carbocycles. The predicted octanol–water partition coefficient (Wildman–Crippen LogP) is 0.635. The molecule has 1 aliphatic rings. The van der Waals surface area contributed by atoms with Gasteiger partial charge in [0.05, 0.1) is 0 Å². The smallest absolute Gasteiger partial charge is 0.0320 e. The second kappa shape index (κ2) is 3.42. The molecule has 0 radical (unpaired) electrons. The highest BCUT2D eigenvalue weighted by molar-refractivity contribution is 5.45. The molecule has 2 nitrogen and oxygen atoms in total. The van der Waals surface area contributed by atoms with Crippen LogP contribution < -0.4 is 21.5 Å². The van der Waals surface area contributed by atoms with Crippen molar-refractivity contribution in [3.05, 3.63) is 63.3 Å². The monoisotopic (exact) mass is 208 g/mol. The van der Waals surface area contributed by atoms with E-state index in [1.165, 1.54) is 15.7 Å². The zero-order valence-corrected chi connectivity index (χ0v) is 8.77. The van der Waals surface area contributed by atoms with Crippen LogP contribution in [0.2, 0.25) is 0 Å². The highest BCUT2D eigenvalue weighted by Gasteiger charge is 1.94. The van der Waals surface area contributed by atoms with E-state index in [-0.39, 0.29) is 0 Å². The van der Waals surface area contributed by atoms with Gasteiger partial charge in [-0.15, -0.1) is 0 Å². The number of benzene rings is 2. The van der Waals surface area contributed by atoms with Crippen LogP contribution in [0.25, 0.3) is 12.4 Å². The predicted molar refractivity (Wildman–Crippen MR) is 66.3 cm³/mol. The Labute approximate surface area is 93.0 Å².